The summed E-state index contributed by atoms with van der Waals surface area (Å²) in [6.45, 7) is 7.44. The van der Waals surface area contributed by atoms with Gasteiger partial charge in [0.05, 0.1) is 17.6 Å². The van der Waals surface area contributed by atoms with Crippen molar-refractivity contribution in [2.45, 2.75) is 66.4 Å². The molecule has 13 heteroatoms. The highest BCUT2D eigenvalue weighted by Gasteiger charge is 2.39. The van der Waals surface area contributed by atoms with E-state index in [4.69, 9.17) is 18.9 Å². The van der Waals surface area contributed by atoms with Crippen LogP contribution < -0.4 is 11.2 Å². The zero-order valence-electron chi connectivity index (χ0n) is 22.4. The smallest absolute Gasteiger partial charge is 0.349 e. The number of H-pyrrole nitrogens is 1. The fourth-order valence-electron chi connectivity index (χ4n) is 4.21. The lowest BCUT2D eigenvalue weighted by Gasteiger charge is -2.33. The van der Waals surface area contributed by atoms with Crippen molar-refractivity contribution in [2.24, 2.45) is 0 Å². The molecule has 1 aromatic carbocycles. The SMILES string of the molecule is CC(=O)OC[C@H](OC(C)=O)[C@@H](OC(C)=O)[C@H](Cn1c2nc(=O)[nH]c(=O)c-2cc2cc(C)c(C)cc21)OC(C)=O. The lowest BCUT2D eigenvalue weighted by Crippen LogP contribution is -2.49. The van der Waals surface area contributed by atoms with E-state index in [2.05, 4.69) is 9.97 Å². The highest BCUT2D eigenvalue weighted by atomic mass is 16.6. The molecule has 1 N–H and O–H groups in total. The van der Waals surface area contributed by atoms with Crippen LogP contribution in [0.2, 0.25) is 0 Å². The number of nitrogens with zero attached hydrogens (tertiary/aromatic N) is 2. The number of pyridine rings is 1. The second-order valence-electron chi connectivity index (χ2n) is 9.03. The Bertz CT molecular complexity index is 1520. The Morgan fingerprint density at radius 2 is 1.44 bits per heavy atom. The third-order valence-electron chi connectivity index (χ3n) is 5.89. The van der Waals surface area contributed by atoms with Crippen LogP contribution in [0.5, 0.6) is 0 Å². The summed E-state index contributed by atoms with van der Waals surface area (Å²) in [6.07, 6.45) is -4.16. The molecule has 2 aliphatic heterocycles. The maximum absolute atomic E-state index is 12.7. The first-order valence-corrected chi connectivity index (χ1v) is 12.0. The van der Waals surface area contributed by atoms with Gasteiger partial charge in [0.1, 0.15) is 6.61 Å². The number of carbonyl (C=O) groups excluding carboxylic acids is 4. The number of carbonyl (C=O) groups is 4. The standard InChI is InChI=1S/C26H29N3O10/c1-12-7-18-9-19-24(27-26(35)28-25(19)34)29(20(18)8-13(12)2)10-21(37-15(4)31)23(39-17(6)33)22(38-16(5)32)11-36-14(3)30/h7-9,21-23H,10-11H2,1-6H3,(H,28,34,35)/t21-,22-,23-/m0/s1. The van der Waals surface area contributed by atoms with Gasteiger partial charge < -0.3 is 23.5 Å². The molecule has 0 amide bonds. The van der Waals surface area contributed by atoms with E-state index < -0.39 is 60.0 Å². The number of ether oxygens (including phenoxy) is 4. The molecule has 0 aliphatic carbocycles. The van der Waals surface area contributed by atoms with E-state index in [1.807, 2.05) is 26.0 Å². The Balaban J connectivity index is 2.28. The molecule has 0 unspecified atom stereocenters. The largest absolute Gasteiger partial charge is 0.462 e. The van der Waals surface area contributed by atoms with Crippen molar-refractivity contribution >= 4 is 34.8 Å². The quantitative estimate of drug-likeness (QED) is 0.233. The van der Waals surface area contributed by atoms with Crippen molar-refractivity contribution in [3.8, 4) is 11.4 Å². The predicted octanol–water partition coefficient (Wildman–Crippen LogP) is 1.16. The second-order valence-corrected chi connectivity index (χ2v) is 9.03. The topological polar surface area (TPSA) is 173 Å². The van der Waals surface area contributed by atoms with Gasteiger partial charge in [0.25, 0.3) is 5.56 Å². The number of benzene rings is 1. The predicted molar refractivity (Wildman–Crippen MR) is 136 cm³/mol. The molecule has 39 heavy (non-hydrogen) atoms. The number of aryl methyl sites for hydroxylation is 2. The fraction of sp³-hybridized carbons (Fsp3) is 0.423. The van der Waals surface area contributed by atoms with Crippen LogP contribution in [0, 0.1) is 13.8 Å². The number of aromatic nitrogens is 3. The van der Waals surface area contributed by atoms with Gasteiger partial charge in [-0.15, -0.1) is 0 Å². The minimum Gasteiger partial charge on any atom is -0.462 e. The van der Waals surface area contributed by atoms with Gasteiger partial charge in [-0.05, 0) is 48.6 Å². The first-order chi connectivity index (χ1) is 18.3. The molecular weight excluding hydrogens is 514 g/mol. The molecule has 13 nitrogen and oxygen atoms in total. The lowest BCUT2D eigenvalue weighted by atomic mass is 10.0. The number of nitrogens with one attached hydrogen (secondary N) is 1. The fourth-order valence-corrected chi connectivity index (χ4v) is 4.21. The number of hydrogen-bond acceptors (Lipinski definition) is 11. The Labute approximate surface area is 222 Å². The Morgan fingerprint density at radius 1 is 0.846 bits per heavy atom. The first kappa shape index (κ1) is 29.0. The van der Waals surface area contributed by atoms with Gasteiger partial charge in [0, 0.05) is 27.7 Å². The Morgan fingerprint density at radius 3 is 2.03 bits per heavy atom. The molecule has 0 radical (unpaired) electrons. The summed E-state index contributed by atoms with van der Waals surface area (Å²) in [6, 6.07) is 5.25. The van der Waals surface area contributed by atoms with Crippen LogP contribution >= 0.6 is 0 Å². The van der Waals surface area contributed by atoms with Gasteiger partial charge in [-0.1, -0.05) is 0 Å². The van der Waals surface area contributed by atoms with Crippen molar-refractivity contribution in [1.29, 1.82) is 0 Å². The van der Waals surface area contributed by atoms with Crippen LogP contribution in [0.3, 0.4) is 0 Å². The lowest BCUT2D eigenvalue weighted by molar-refractivity contribution is -0.190. The number of aromatic amines is 1. The van der Waals surface area contributed by atoms with Gasteiger partial charge in [0.15, 0.2) is 24.1 Å². The summed E-state index contributed by atoms with van der Waals surface area (Å²) in [5.74, 6) is -3.04. The van der Waals surface area contributed by atoms with Crippen LogP contribution in [-0.2, 0) is 44.7 Å². The number of fused-ring (bicyclic) bond motifs is 2. The highest BCUT2D eigenvalue weighted by molar-refractivity contribution is 5.86. The van der Waals surface area contributed by atoms with Crippen molar-refractivity contribution in [3.63, 3.8) is 0 Å². The van der Waals surface area contributed by atoms with E-state index in [1.54, 1.807) is 6.07 Å². The molecule has 0 aromatic heterocycles. The van der Waals surface area contributed by atoms with Crippen LogP contribution in [-0.4, -0.2) is 63.3 Å². The maximum atomic E-state index is 12.7. The van der Waals surface area contributed by atoms with Gasteiger partial charge in [0.2, 0.25) is 0 Å². The second kappa shape index (κ2) is 11.9. The first-order valence-electron chi connectivity index (χ1n) is 12.0. The molecule has 0 spiro atoms. The van der Waals surface area contributed by atoms with Crippen LogP contribution in [0.4, 0.5) is 0 Å². The van der Waals surface area contributed by atoms with E-state index in [1.165, 1.54) is 4.57 Å². The molecular formula is C26H29N3O10. The number of hydrogen-bond donors (Lipinski definition) is 1. The van der Waals surface area contributed by atoms with Crippen LogP contribution in [0.15, 0.2) is 27.8 Å². The minimum atomic E-state index is -1.45. The van der Waals surface area contributed by atoms with Gasteiger partial charge in [-0.3, -0.25) is 29.0 Å². The van der Waals surface area contributed by atoms with Crippen LogP contribution in [0.25, 0.3) is 22.3 Å². The van der Waals surface area contributed by atoms with E-state index in [0.717, 1.165) is 38.8 Å². The van der Waals surface area contributed by atoms with Crippen molar-refractivity contribution < 1.29 is 38.1 Å². The number of esters is 4. The molecule has 208 valence electrons. The molecule has 1 aromatic rings. The third-order valence-corrected chi connectivity index (χ3v) is 5.89. The molecule has 3 atom stereocenters. The average molecular weight is 544 g/mol. The molecule has 2 aliphatic rings. The summed E-state index contributed by atoms with van der Waals surface area (Å²) in [5, 5.41) is 0.624. The summed E-state index contributed by atoms with van der Waals surface area (Å²) in [5.41, 5.74) is 0.878. The van der Waals surface area contributed by atoms with E-state index in [-0.39, 0.29) is 17.9 Å². The molecule has 0 bridgehead atoms. The summed E-state index contributed by atoms with van der Waals surface area (Å²) in [4.78, 5) is 78.7. The summed E-state index contributed by atoms with van der Waals surface area (Å²) >= 11 is 0. The molecule has 3 rings (SSSR count). The molecule has 2 heterocycles. The van der Waals surface area contributed by atoms with Gasteiger partial charge >= 0.3 is 29.6 Å². The zero-order chi connectivity index (χ0) is 29.0. The third kappa shape index (κ3) is 7.06. The van der Waals surface area contributed by atoms with E-state index >= 15 is 0 Å². The zero-order valence-corrected chi connectivity index (χ0v) is 22.4. The van der Waals surface area contributed by atoms with Crippen molar-refractivity contribution in [1.82, 2.24) is 14.5 Å². The van der Waals surface area contributed by atoms with Gasteiger partial charge in [-0.25, -0.2) is 4.79 Å². The Hall–Kier alpha value is -4.55. The average Bonchev–Trinajstić information content (AvgIpc) is 2.80. The van der Waals surface area contributed by atoms with Crippen molar-refractivity contribution in [2.75, 3.05) is 6.61 Å². The van der Waals surface area contributed by atoms with Crippen molar-refractivity contribution in [3.05, 3.63) is 50.2 Å². The van der Waals surface area contributed by atoms with Crippen LogP contribution in [0.1, 0.15) is 38.8 Å². The molecule has 0 fully saturated rings. The van der Waals surface area contributed by atoms with E-state index in [9.17, 15) is 28.8 Å². The monoisotopic (exact) mass is 543 g/mol. The maximum Gasteiger partial charge on any atom is 0.349 e. The normalized spacial score (nSPS) is 13.4. The van der Waals surface area contributed by atoms with E-state index in [0.29, 0.717) is 10.9 Å². The summed E-state index contributed by atoms with van der Waals surface area (Å²) in [7, 11) is 0. The highest BCUT2D eigenvalue weighted by Crippen LogP contribution is 2.28. The minimum absolute atomic E-state index is 0.0118. The Kier molecular flexibility index (Phi) is 8.84. The molecule has 0 saturated carbocycles. The summed E-state index contributed by atoms with van der Waals surface area (Å²) < 4.78 is 22.8. The number of rotatable bonds is 9. The van der Waals surface area contributed by atoms with Gasteiger partial charge in [-0.2, -0.15) is 4.98 Å². The molecule has 0 saturated heterocycles.